The van der Waals surface area contributed by atoms with Gasteiger partial charge in [0, 0.05) is 25.2 Å². The van der Waals surface area contributed by atoms with E-state index in [9.17, 15) is 4.79 Å². The average molecular weight is 327 g/mol. The van der Waals surface area contributed by atoms with Crippen molar-refractivity contribution in [3.05, 3.63) is 53.4 Å². The lowest BCUT2D eigenvalue weighted by atomic mass is 10.0. The van der Waals surface area contributed by atoms with E-state index in [1.54, 1.807) is 6.07 Å². The number of benzene rings is 1. The number of aromatic nitrogens is 1. The fourth-order valence-electron chi connectivity index (χ4n) is 3.15. The lowest BCUT2D eigenvalue weighted by Crippen LogP contribution is -2.48. The smallest absolute Gasteiger partial charge is 0.290 e. The molecule has 0 saturated carbocycles. The summed E-state index contributed by atoms with van der Waals surface area (Å²) in [6, 6.07) is 12.4. The number of hydrogen-bond acceptors (Lipinski definition) is 4. The summed E-state index contributed by atoms with van der Waals surface area (Å²) in [6.07, 6.45) is 3.94. The van der Waals surface area contributed by atoms with E-state index in [2.05, 4.69) is 39.6 Å². The number of carbonyl (C=O) groups excluding carboxylic acids is 1. The summed E-state index contributed by atoms with van der Waals surface area (Å²) < 4.78 is 5.12. The fraction of sp³-hybridized carbons (Fsp3) is 0.474. The molecule has 0 unspecified atom stereocenters. The molecule has 1 aromatic carbocycles. The van der Waals surface area contributed by atoms with Gasteiger partial charge in [0.25, 0.3) is 5.91 Å². The maximum Gasteiger partial charge on any atom is 0.290 e. The van der Waals surface area contributed by atoms with Crippen molar-refractivity contribution >= 4 is 5.91 Å². The molecule has 5 heteroatoms. The monoisotopic (exact) mass is 327 g/mol. The Morgan fingerprint density at radius 2 is 2.21 bits per heavy atom. The minimum absolute atomic E-state index is 0.155. The Bertz CT molecular complexity index is 654. The van der Waals surface area contributed by atoms with Gasteiger partial charge in [0.15, 0.2) is 0 Å². The molecule has 128 valence electrons. The van der Waals surface area contributed by atoms with Gasteiger partial charge in [0.2, 0.25) is 5.76 Å². The Morgan fingerprint density at radius 3 is 2.96 bits per heavy atom. The fourth-order valence-corrected chi connectivity index (χ4v) is 3.15. The highest BCUT2D eigenvalue weighted by Gasteiger charge is 2.23. The highest BCUT2D eigenvalue weighted by molar-refractivity contribution is 5.91. The molecule has 1 aromatic heterocycles. The van der Waals surface area contributed by atoms with Crippen molar-refractivity contribution in [1.82, 2.24) is 15.4 Å². The summed E-state index contributed by atoms with van der Waals surface area (Å²) in [6.45, 7) is 5.01. The maximum absolute atomic E-state index is 12.3. The van der Waals surface area contributed by atoms with E-state index >= 15 is 0 Å². The lowest BCUT2D eigenvalue weighted by Gasteiger charge is -2.32. The molecule has 1 saturated heterocycles. The van der Waals surface area contributed by atoms with Crippen molar-refractivity contribution in [2.45, 2.75) is 38.6 Å². The molecule has 5 nitrogen and oxygen atoms in total. The van der Waals surface area contributed by atoms with Gasteiger partial charge in [-0.25, -0.2) is 0 Å². The predicted octanol–water partition coefficient (Wildman–Crippen LogP) is 2.67. The minimum Gasteiger partial charge on any atom is -0.351 e. The van der Waals surface area contributed by atoms with Gasteiger partial charge in [-0.05, 0) is 37.8 Å². The summed E-state index contributed by atoms with van der Waals surface area (Å²) in [7, 11) is 0. The topological polar surface area (TPSA) is 58.4 Å². The van der Waals surface area contributed by atoms with E-state index in [0.717, 1.165) is 51.0 Å². The number of likely N-dealkylation sites (tertiary alicyclic amines) is 1. The Hall–Kier alpha value is -2.14. The second-order valence-corrected chi connectivity index (χ2v) is 6.38. The van der Waals surface area contributed by atoms with Crippen LogP contribution >= 0.6 is 0 Å². The predicted molar refractivity (Wildman–Crippen MR) is 93.0 cm³/mol. The number of amides is 1. The number of rotatable bonds is 6. The largest absolute Gasteiger partial charge is 0.351 e. The molecule has 0 spiro atoms. The SMILES string of the molecule is CCc1cc(C(=O)N[C@@H]2CCCN(CCc3ccccc3)C2)on1. The number of nitrogens with one attached hydrogen (secondary N) is 1. The molecule has 1 aliphatic rings. The van der Waals surface area contributed by atoms with E-state index in [1.165, 1.54) is 5.56 Å². The molecular weight excluding hydrogens is 302 g/mol. The molecule has 0 radical (unpaired) electrons. The van der Waals surface area contributed by atoms with E-state index in [0.29, 0.717) is 5.76 Å². The molecule has 2 aromatic rings. The molecule has 0 bridgehead atoms. The van der Waals surface area contributed by atoms with Crippen LogP contribution in [0.15, 0.2) is 40.9 Å². The number of piperidine rings is 1. The highest BCUT2D eigenvalue weighted by Crippen LogP contribution is 2.13. The van der Waals surface area contributed by atoms with Crippen molar-refractivity contribution in [2.24, 2.45) is 0 Å². The molecule has 2 heterocycles. The van der Waals surface area contributed by atoms with Crippen LogP contribution in [0.25, 0.3) is 0 Å². The van der Waals surface area contributed by atoms with Crippen molar-refractivity contribution in [3.63, 3.8) is 0 Å². The normalized spacial score (nSPS) is 18.5. The van der Waals surface area contributed by atoms with Crippen LogP contribution in [0.4, 0.5) is 0 Å². The zero-order chi connectivity index (χ0) is 16.8. The van der Waals surface area contributed by atoms with Crippen molar-refractivity contribution in [3.8, 4) is 0 Å². The maximum atomic E-state index is 12.3. The Morgan fingerprint density at radius 1 is 1.38 bits per heavy atom. The van der Waals surface area contributed by atoms with Gasteiger partial charge in [-0.3, -0.25) is 4.79 Å². The third-order valence-corrected chi connectivity index (χ3v) is 4.55. The average Bonchev–Trinajstić information content (AvgIpc) is 3.11. The number of aryl methyl sites for hydroxylation is 1. The van der Waals surface area contributed by atoms with E-state index in [1.807, 2.05) is 13.0 Å². The Balaban J connectivity index is 1.49. The molecule has 1 N–H and O–H groups in total. The first kappa shape index (κ1) is 16.7. The molecule has 1 aliphatic heterocycles. The molecule has 3 rings (SSSR count). The standard InChI is InChI=1S/C19H25N3O2/c1-2-16-13-18(24-21-16)19(23)20-17-9-6-11-22(14-17)12-10-15-7-4-3-5-8-15/h3-5,7-8,13,17H,2,6,9-12,14H2,1H3,(H,20,23)/t17-/m1/s1. The second-order valence-electron chi connectivity index (χ2n) is 6.38. The zero-order valence-electron chi connectivity index (χ0n) is 14.2. The summed E-state index contributed by atoms with van der Waals surface area (Å²) in [5, 5.41) is 6.97. The van der Waals surface area contributed by atoms with Crippen LogP contribution in [0.5, 0.6) is 0 Å². The van der Waals surface area contributed by atoms with Crippen molar-refractivity contribution in [2.75, 3.05) is 19.6 Å². The van der Waals surface area contributed by atoms with E-state index in [4.69, 9.17) is 4.52 Å². The third kappa shape index (κ3) is 4.45. The van der Waals surface area contributed by atoms with Crippen LogP contribution in [-0.2, 0) is 12.8 Å². The molecule has 24 heavy (non-hydrogen) atoms. The summed E-state index contributed by atoms with van der Waals surface area (Å²) in [4.78, 5) is 14.7. The summed E-state index contributed by atoms with van der Waals surface area (Å²) in [5.41, 5.74) is 2.17. The van der Waals surface area contributed by atoms with Gasteiger partial charge >= 0.3 is 0 Å². The van der Waals surface area contributed by atoms with Gasteiger partial charge in [0.1, 0.15) is 0 Å². The first-order valence-electron chi connectivity index (χ1n) is 8.77. The number of nitrogens with zero attached hydrogens (tertiary/aromatic N) is 2. The van der Waals surface area contributed by atoms with Crippen molar-refractivity contribution in [1.29, 1.82) is 0 Å². The Labute approximate surface area is 143 Å². The van der Waals surface area contributed by atoms with Crippen LogP contribution in [-0.4, -0.2) is 41.6 Å². The minimum atomic E-state index is -0.155. The van der Waals surface area contributed by atoms with Crippen molar-refractivity contribution < 1.29 is 9.32 Å². The molecule has 0 aliphatic carbocycles. The number of hydrogen-bond donors (Lipinski definition) is 1. The Kier molecular flexibility index (Phi) is 5.64. The van der Waals surface area contributed by atoms with Gasteiger partial charge in [-0.2, -0.15) is 0 Å². The zero-order valence-corrected chi connectivity index (χ0v) is 14.2. The molecule has 1 amide bonds. The number of carbonyl (C=O) groups is 1. The third-order valence-electron chi connectivity index (χ3n) is 4.55. The summed E-state index contributed by atoms with van der Waals surface area (Å²) >= 11 is 0. The van der Waals surface area contributed by atoms with Crippen LogP contribution in [0.1, 0.15) is 41.6 Å². The van der Waals surface area contributed by atoms with Gasteiger partial charge in [-0.15, -0.1) is 0 Å². The van der Waals surface area contributed by atoms with E-state index in [-0.39, 0.29) is 11.9 Å². The molecule has 1 fully saturated rings. The van der Waals surface area contributed by atoms with Crippen LogP contribution in [0.3, 0.4) is 0 Å². The highest BCUT2D eigenvalue weighted by atomic mass is 16.5. The van der Waals surface area contributed by atoms with Gasteiger partial charge in [-0.1, -0.05) is 42.4 Å². The summed E-state index contributed by atoms with van der Waals surface area (Å²) in [5.74, 6) is 0.158. The van der Waals surface area contributed by atoms with Crippen LogP contribution < -0.4 is 5.32 Å². The molecular formula is C19H25N3O2. The molecule has 1 atom stereocenters. The van der Waals surface area contributed by atoms with Gasteiger partial charge in [0.05, 0.1) is 5.69 Å². The first-order valence-corrected chi connectivity index (χ1v) is 8.77. The van der Waals surface area contributed by atoms with E-state index < -0.39 is 0 Å². The second kappa shape index (κ2) is 8.11. The lowest BCUT2D eigenvalue weighted by molar-refractivity contribution is 0.0867. The van der Waals surface area contributed by atoms with Crippen LogP contribution in [0, 0.1) is 0 Å². The quantitative estimate of drug-likeness (QED) is 0.886. The van der Waals surface area contributed by atoms with Crippen LogP contribution in [0.2, 0.25) is 0 Å². The first-order chi connectivity index (χ1) is 11.7. The van der Waals surface area contributed by atoms with Gasteiger partial charge < -0.3 is 14.7 Å².